The molecule has 0 aliphatic rings. The Labute approximate surface area is 167 Å². The minimum absolute atomic E-state index is 0.0117. The van der Waals surface area contributed by atoms with Crippen molar-refractivity contribution < 1.29 is 19.4 Å². The first kappa shape index (κ1) is 21.9. The van der Waals surface area contributed by atoms with E-state index >= 15 is 0 Å². The average molecular weight is 407 g/mol. The molecule has 152 valence electrons. The Kier molecular flexibility index (Phi) is 7.20. The maximum Gasteiger partial charge on any atom is 0.337 e. The highest BCUT2D eigenvalue weighted by molar-refractivity contribution is 8.00. The molecule has 0 saturated heterocycles. The maximum atomic E-state index is 12.9. The van der Waals surface area contributed by atoms with Gasteiger partial charge in [-0.2, -0.15) is 0 Å². The highest BCUT2D eigenvalue weighted by Crippen LogP contribution is 2.23. The lowest BCUT2D eigenvalue weighted by molar-refractivity contribution is -0.120. The predicted molar refractivity (Wildman–Crippen MR) is 108 cm³/mol. The van der Waals surface area contributed by atoms with Crippen molar-refractivity contribution in [3.8, 4) is 0 Å². The normalized spacial score (nSPS) is 13.4. The molecule has 1 heterocycles. The summed E-state index contributed by atoms with van der Waals surface area (Å²) in [6, 6.07) is 4.48. The molecule has 1 aromatic carbocycles. The van der Waals surface area contributed by atoms with Crippen molar-refractivity contribution in [1.82, 2.24) is 14.9 Å². The first-order valence-corrected chi connectivity index (χ1v) is 9.80. The Morgan fingerprint density at radius 2 is 1.96 bits per heavy atom. The fraction of sp³-hybridized carbons (Fsp3) is 0.474. The van der Waals surface area contributed by atoms with Crippen molar-refractivity contribution >= 4 is 34.5 Å². The van der Waals surface area contributed by atoms with E-state index in [1.807, 2.05) is 13.8 Å². The number of amides is 1. The number of fused-ring (bicyclic) bond motifs is 1. The number of nitrogens with zero attached hydrogens (tertiary/aromatic N) is 2. The molecule has 0 aliphatic carbocycles. The van der Waals surface area contributed by atoms with Crippen LogP contribution in [0.1, 0.15) is 38.1 Å². The number of hydrogen-bond acceptors (Lipinski definition) is 7. The number of methoxy groups -OCH3 is 1. The van der Waals surface area contributed by atoms with Crippen LogP contribution in [0.3, 0.4) is 0 Å². The summed E-state index contributed by atoms with van der Waals surface area (Å²) in [6.07, 6.45) is -0.773. The first-order valence-electron chi connectivity index (χ1n) is 8.92. The van der Waals surface area contributed by atoms with Crippen molar-refractivity contribution in [2.24, 2.45) is 0 Å². The maximum absolute atomic E-state index is 12.9. The van der Waals surface area contributed by atoms with Crippen molar-refractivity contribution in [2.75, 3.05) is 7.11 Å². The van der Waals surface area contributed by atoms with E-state index in [4.69, 9.17) is 4.74 Å². The Morgan fingerprint density at radius 1 is 1.29 bits per heavy atom. The molecular weight excluding hydrogens is 382 g/mol. The lowest BCUT2D eigenvalue weighted by atomic mass is 10.1. The molecule has 1 amide bonds. The molecule has 0 bridgehead atoms. The van der Waals surface area contributed by atoms with Crippen molar-refractivity contribution in [3.05, 3.63) is 34.1 Å². The fourth-order valence-electron chi connectivity index (χ4n) is 2.57. The number of aliphatic hydroxyl groups excluding tert-OH is 1. The Hall–Kier alpha value is -2.39. The van der Waals surface area contributed by atoms with E-state index in [0.717, 1.165) is 11.8 Å². The number of aromatic nitrogens is 2. The van der Waals surface area contributed by atoms with Crippen LogP contribution in [0.15, 0.2) is 28.2 Å². The van der Waals surface area contributed by atoms with Gasteiger partial charge in [-0.3, -0.25) is 14.2 Å². The molecule has 2 N–H and O–H groups in total. The van der Waals surface area contributed by atoms with Crippen LogP contribution < -0.4 is 10.9 Å². The molecule has 2 aromatic rings. The standard InChI is InChI=1S/C19H25N3O5S/c1-10(2)20-16(24)12(4)28-19-21-15-8-13(18(26)27-5)6-7-14(15)17(25)22(19)9-11(3)23/h6-8,10-12,23H,9H2,1-5H3,(H,20,24)/t11-,12+/m1/s1. The summed E-state index contributed by atoms with van der Waals surface area (Å²) >= 11 is 1.12. The number of thioether (sulfide) groups is 1. The smallest absolute Gasteiger partial charge is 0.337 e. The number of carbonyl (C=O) groups excluding carboxylic acids is 2. The third kappa shape index (κ3) is 5.11. The van der Waals surface area contributed by atoms with Crippen molar-refractivity contribution in [1.29, 1.82) is 0 Å². The SMILES string of the molecule is COC(=O)c1ccc2c(=O)n(C[C@@H](C)O)c(S[C@@H](C)C(=O)NC(C)C)nc2c1. The van der Waals surface area contributed by atoms with Gasteiger partial charge in [-0.1, -0.05) is 11.8 Å². The second-order valence-electron chi connectivity index (χ2n) is 6.81. The number of benzene rings is 1. The summed E-state index contributed by atoms with van der Waals surface area (Å²) in [5.41, 5.74) is 0.256. The molecule has 9 heteroatoms. The van der Waals surface area contributed by atoms with E-state index in [-0.39, 0.29) is 29.6 Å². The van der Waals surface area contributed by atoms with Gasteiger partial charge in [0.1, 0.15) is 0 Å². The topological polar surface area (TPSA) is 111 Å². The number of aliphatic hydroxyl groups is 1. The quantitative estimate of drug-likeness (QED) is 0.407. The summed E-state index contributed by atoms with van der Waals surface area (Å²) in [5.74, 6) is -0.711. The molecule has 28 heavy (non-hydrogen) atoms. The highest BCUT2D eigenvalue weighted by atomic mass is 32.2. The van der Waals surface area contributed by atoms with Crippen molar-refractivity contribution in [3.63, 3.8) is 0 Å². The van der Waals surface area contributed by atoms with Crippen LogP contribution in [0.5, 0.6) is 0 Å². The summed E-state index contributed by atoms with van der Waals surface area (Å²) in [5, 5.41) is 12.7. The zero-order valence-corrected chi connectivity index (χ0v) is 17.4. The van der Waals surface area contributed by atoms with E-state index in [2.05, 4.69) is 10.3 Å². The zero-order chi connectivity index (χ0) is 21.0. The van der Waals surface area contributed by atoms with E-state index < -0.39 is 17.3 Å². The zero-order valence-electron chi connectivity index (χ0n) is 16.6. The molecule has 0 fully saturated rings. The lowest BCUT2D eigenvalue weighted by Gasteiger charge is -2.18. The van der Waals surface area contributed by atoms with Crippen LogP contribution in [0, 0.1) is 0 Å². The van der Waals surface area contributed by atoms with E-state index in [1.165, 1.54) is 29.9 Å². The molecule has 0 unspecified atom stereocenters. The summed E-state index contributed by atoms with van der Waals surface area (Å²) < 4.78 is 6.07. The van der Waals surface area contributed by atoms with Crippen LogP contribution in [-0.4, -0.2) is 51.0 Å². The summed E-state index contributed by atoms with van der Waals surface area (Å²) in [7, 11) is 1.27. The predicted octanol–water partition coefficient (Wildman–Crippen LogP) is 1.57. The Morgan fingerprint density at radius 3 is 2.54 bits per heavy atom. The second-order valence-corrected chi connectivity index (χ2v) is 8.11. The molecule has 2 rings (SSSR count). The monoisotopic (exact) mass is 407 g/mol. The number of nitrogens with one attached hydrogen (secondary N) is 1. The largest absolute Gasteiger partial charge is 0.465 e. The summed E-state index contributed by atoms with van der Waals surface area (Å²) in [6.45, 7) is 7.06. The Balaban J connectivity index is 2.55. The number of carbonyl (C=O) groups is 2. The van der Waals surface area contributed by atoms with Gasteiger partial charge >= 0.3 is 5.97 Å². The van der Waals surface area contributed by atoms with Gasteiger partial charge in [0.25, 0.3) is 5.56 Å². The Bertz CT molecular complexity index is 939. The first-order chi connectivity index (χ1) is 13.1. The second kappa shape index (κ2) is 9.20. The number of ether oxygens (including phenoxy) is 1. The van der Waals surface area contributed by atoms with Crippen LogP contribution >= 0.6 is 11.8 Å². The highest BCUT2D eigenvalue weighted by Gasteiger charge is 2.21. The third-order valence-corrected chi connectivity index (χ3v) is 4.96. The molecule has 0 saturated carbocycles. The minimum atomic E-state index is -0.773. The van der Waals surface area contributed by atoms with Gasteiger partial charge in [-0.25, -0.2) is 9.78 Å². The van der Waals surface area contributed by atoms with Gasteiger partial charge in [-0.05, 0) is 45.9 Å². The van der Waals surface area contributed by atoms with Crippen LogP contribution in [0.2, 0.25) is 0 Å². The van der Waals surface area contributed by atoms with E-state index in [0.29, 0.717) is 16.1 Å². The average Bonchev–Trinajstić information content (AvgIpc) is 2.62. The molecule has 0 radical (unpaired) electrons. The van der Waals surface area contributed by atoms with Gasteiger partial charge in [0.15, 0.2) is 5.16 Å². The molecule has 8 nitrogen and oxygen atoms in total. The lowest BCUT2D eigenvalue weighted by Crippen LogP contribution is -2.36. The summed E-state index contributed by atoms with van der Waals surface area (Å²) in [4.78, 5) is 41.5. The number of rotatable bonds is 7. The van der Waals surface area contributed by atoms with Gasteiger partial charge in [0.05, 0.1) is 41.5 Å². The number of hydrogen-bond donors (Lipinski definition) is 2. The van der Waals surface area contributed by atoms with Crippen LogP contribution in [0.25, 0.3) is 10.9 Å². The van der Waals surface area contributed by atoms with Gasteiger partial charge in [0, 0.05) is 6.04 Å². The molecule has 1 aromatic heterocycles. The molecule has 0 spiro atoms. The minimum Gasteiger partial charge on any atom is -0.465 e. The van der Waals surface area contributed by atoms with Crippen molar-refractivity contribution in [2.45, 2.75) is 56.8 Å². The number of esters is 1. The van der Waals surface area contributed by atoms with E-state index in [9.17, 15) is 19.5 Å². The van der Waals surface area contributed by atoms with Gasteiger partial charge < -0.3 is 15.2 Å². The third-order valence-electron chi connectivity index (χ3n) is 3.87. The molecular formula is C19H25N3O5S. The fourth-order valence-corrected chi connectivity index (χ4v) is 3.50. The van der Waals surface area contributed by atoms with Gasteiger partial charge in [0.2, 0.25) is 5.91 Å². The van der Waals surface area contributed by atoms with Crippen LogP contribution in [-0.2, 0) is 16.1 Å². The molecule has 0 aliphatic heterocycles. The van der Waals surface area contributed by atoms with Crippen LogP contribution in [0.4, 0.5) is 0 Å². The van der Waals surface area contributed by atoms with E-state index in [1.54, 1.807) is 13.8 Å². The van der Waals surface area contributed by atoms with Gasteiger partial charge in [-0.15, -0.1) is 0 Å². The molecule has 2 atom stereocenters.